The van der Waals surface area contributed by atoms with E-state index in [0.29, 0.717) is 11.5 Å². The van der Waals surface area contributed by atoms with Crippen molar-refractivity contribution in [2.75, 3.05) is 0 Å². The van der Waals surface area contributed by atoms with Crippen LogP contribution in [-0.4, -0.2) is 4.98 Å². The first-order valence-corrected chi connectivity index (χ1v) is 7.44. The highest BCUT2D eigenvalue weighted by Crippen LogP contribution is 2.36. The molecule has 1 aromatic heterocycles. The van der Waals surface area contributed by atoms with Crippen LogP contribution in [0.1, 0.15) is 48.9 Å². The Morgan fingerprint density at radius 2 is 1.95 bits per heavy atom. The van der Waals surface area contributed by atoms with Crippen molar-refractivity contribution in [3.05, 3.63) is 65.2 Å². The van der Waals surface area contributed by atoms with Gasteiger partial charge in [0.25, 0.3) is 0 Å². The predicted molar refractivity (Wildman–Crippen MR) is 82.4 cm³/mol. The van der Waals surface area contributed by atoms with Gasteiger partial charge in [-0.2, -0.15) is 0 Å². The molecule has 0 unspecified atom stereocenters. The number of pyridine rings is 1. The zero-order chi connectivity index (χ0) is 14.7. The van der Waals surface area contributed by atoms with Gasteiger partial charge in [0.15, 0.2) is 0 Å². The van der Waals surface area contributed by atoms with Crippen molar-refractivity contribution in [3.8, 4) is 11.8 Å². The summed E-state index contributed by atoms with van der Waals surface area (Å²) in [4.78, 5) is 4.55. The van der Waals surface area contributed by atoms with Crippen molar-refractivity contribution in [2.45, 2.75) is 32.1 Å². The summed E-state index contributed by atoms with van der Waals surface area (Å²) >= 11 is 0. The molecule has 1 fully saturated rings. The number of hydrogen-bond acceptors (Lipinski definition) is 1. The number of halogens is 1. The van der Waals surface area contributed by atoms with Crippen molar-refractivity contribution >= 4 is 0 Å². The van der Waals surface area contributed by atoms with Crippen LogP contribution in [-0.2, 0) is 0 Å². The van der Waals surface area contributed by atoms with Crippen LogP contribution < -0.4 is 0 Å². The predicted octanol–water partition coefficient (Wildman–Crippen LogP) is 4.52. The first-order valence-electron chi connectivity index (χ1n) is 7.44. The number of aromatic nitrogens is 1. The Kier molecular flexibility index (Phi) is 4.01. The van der Waals surface area contributed by atoms with E-state index < -0.39 is 0 Å². The molecule has 1 aliphatic rings. The van der Waals surface area contributed by atoms with Gasteiger partial charge in [0, 0.05) is 28.9 Å². The molecule has 3 rings (SSSR count). The van der Waals surface area contributed by atoms with Gasteiger partial charge in [-0.25, -0.2) is 4.39 Å². The van der Waals surface area contributed by atoms with Crippen LogP contribution in [0, 0.1) is 23.6 Å². The lowest BCUT2D eigenvalue weighted by atomic mass is 10.0. The lowest BCUT2D eigenvalue weighted by molar-refractivity contribution is 0.592. The molecule has 2 aromatic rings. The second kappa shape index (κ2) is 6.10. The van der Waals surface area contributed by atoms with Crippen LogP contribution in [0.4, 0.5) is 4.39 Å². The van der Waals surface area contributed by atoms with Gasteiger partial charge in [-0.1, -0.05) is 31.3 Å². The summed E-state index contributed by atoms with van der Waals surface area (Å²) < 4.78 is 13.1. The molecule has 0 amide bonds. The standard InChI is InChI=1S/C19H18FN/c1-14-5-9-17(11-14)19-10-8-16(13-21-19)7-6-15-3-2-4-18(20)12-15/h2-4,8,10,12-14,17H,5,9,11H2,1H3/t14-,17-/m1/s1. The van der Waals surface area contributed by atoms with Crippen LogP contribution >= 0.6 is 0 Å². The fourth-order valence-corrected chi connectivity index (χ4v) is 2.91. The first kappa shape index (κ1) is 13.8. The average molecular weight is 279 g/mol. The molecule has 0 radical (unpaired) electrons. The molecule has 1 saturated carbocycles. The molecular formula is C19H18FN. The monoisotopic (exact) mass is 279 g/mol. The zero-order valence-electron chi connectivity index (χ0n) is 12.1. The van der Waals surface area contributed by atoms with Crippen molar-refractivity contribution in [3.63, 3.8) is 0 Å². The van der Waals surface area contributed by atoms with Gasteiger partial charge in [0.05, 0.1) is 0 Å². The molecule has 1 nitrogen and oxygen atoms in total. The van der Waals surface area contributed by atoms with Crippen LogP contribution in [0.15, 0.2) is 42.6 Å². The molecule has 0 aliphatic heterocycles. The average Bonchev–Trinajstić information content (AvgIpc) is 2.92. The minimum Gasteiger partial charge on any atom is -0.260 e. The summed E-state index contributed by atoms with van der Waals surface area (Å²) in [5.74, 6) is 7.16. The molecule has 1 aromatic carbocycles. The normalized spacial score (nSPS) is 20.9. The number of benzene rings is 1. The molecule has 1 aliphatic carbocycles. The van der Waals surface area contributed by atoms with E-state index >= 15 is 0 Å². The maximum Gasteiger partial charge on any atom is 0.124 e. The second-order valence-electron chi connectivity index (χ2n) is 5.85. The third-order valence-electron chi connectivity index (χ3n) is 4.08. The Labute approximate surface area is 125 Å². The second-order valence-corrected chi connectivity index (χ2v) is 5.85. The molecule has 1 heterocycles. The Morgan fingerprint density at radius 3 is 2.62 bits per heavy atom. The molecule has 0 spiro atoms. The van der Waals surface area contributed by atoms with Gasteiger partial charge >= 0.3 is 0 Å². The molecule has 106 valence electrons. The van der Waals surface area contributed by atoms with E-state index in [0.717, 1.165) is 11.5 Å². The van der Waals surface area contributed by atoms with Crippen molar-refractivity contribution in [1.82, 2.24) is 4.98 Å². The smallest absolute Gasteiger partial charge is 0.124 e. The number of hydrogen-bond donors (Lipinski definition) is 0. The Hall–Kier alpha value is -2.14. The maximum absolute atomic E-state index is 13.1. The van der Waals surface area contributed by atoms with Gasteiger partial charge in [-0.15, -0.1) is 0 Å². The van der Waals surface area contributed by atoms with Crippen LogP contribution in [0.25, 0.3) is 0 Å². The SMILES string of the molecule is C[C@@H]1CC[C@@H](c2ccc(C#Cc3cccc(F)c3)cn2)C1. The van der Waals surface area contributed by atoms with E-state index in [1.165, 1.54) is 37.1 Å². The van der Waals surface area contributed by atoms with Crippen molar-refractivity contribution in [2.24, 2.45) is 5.92 Å². The van der Waals surface area contributed by atoms with E-state index in [9.17, 15) is 4.39 Å². The topological polar surface area (TPSA) is 12.9 Å². The van der Waals surface area contributed by atoms with E-state index in [2.05, 4.69) is 29.8 Å². The molecule has 21 heavy (non-hydrogen) atoms. The summed E-state index contributed by atoms with van der Waals surface area (Å²) in [6, 6.07) is 10.4. The quantitative estimate of drug-likeness (QED) is 0.699. The molecular weight excluding hydrogens is 261 g/mol. The molecule has 0 N–H and O–H groups in total. The van der Waals surface area contributed by atoms with Gasteiger partial charge in [-0.05, 0) is 49.1 Å². The van der Waals surface area contributed by atoms with E-state index in [1.54, 1.807) is 12.1 Å². The van der Waals surface area contributed by atoms with E-state index in [4.69, 9.17) is 0 Å². The highest BCUT2D eigenvalue weighted by molar-refractivity contribution is 5.42. The van der Waals surface area contributed by atoms with Crippen molar-refractivity contribution in [1.29, 1.82) is 0 Å². The molecule has 2 heteroatoms. The minimum atomic E-state index is -0.259. The number of rotatable bonds is 1. The Morgan fingerprint density at radius 1 is 1.10 bits per heavy atom. The highest BCUT2D eigenvalue weighted by Gasteiger charge is 2.23. The van der Waals surface area contributed by atoms with Crippen molar-refractivity contribution < 1.29 is 4.39 Å². The Bertz CT molecular complexity index is 679. The summed E-state index contributed by atoms with van der Waals surface area (Å²) in [7, 11) is 0. The fraction of sp³-hybridized carbons (Fsp3) is 0.316. The zero-order valence-corrected chi connectivity index (χ0v) is 12.1. The summed E-state index contributed by atoms with van der Waals surface area (Å²) in [5.41, 5.74) is 2.73. The first-order chi connectivity index (χ1) is 10.2. The maximum atomic E-state index is 13.1. The van der Waals surface area contributed by atoms with E-state index in [-0.39, 0.29) is 5.82 Å². The summed E-state index contributed by atoms with van der Waals surface area (Å²) in [6.07, 6.45) is 5.60. The van der Waals surface area contributed by atoms with E-state index in [1.807, 2.05) is 12.3 Å². The van der Waals surface area contributed by atoms with Gasteiger partial charge in [0.1, 0.15) is 5.82 Å². The largest absolute Gasteiger partial charge is 0.260 e. The Balaban J connectivity index is 1.73. The van der Waals surface area contributed by atoms with Crippen LogP contribution in [0.5, 0.6) is 0 Å². The summed E-state index contributed by atoms with van der Waals surface area (Å²) in [5, 5.41) is 0. The minimum absolute atomic E-state index is 0.259. The summed E-state index contributed by atoms with van der Waals surface area (Å²) in [6.45, 7) is 2.30. The lowest BCUT2D eigenvalue weighted by Gasteiger charge is -2.08. The van der Waals surface area contributed by atoms with Crippen LogP contribution in [0.3, 0.4) is 0 Å². The van der Waals surface area contributed by atoms with Gasteiger partial charge in [-0.3, -0.25) is 4.98 Å². The third-order valence-corrected chi connectivity index (χ3v) is 4.08. The molecule has 0 bridgehead atoms. The fourth-order valence-electron chi connectivity index (χ4n) is 2.91. The molecule has 2 atom stereocenters. The lowest BCUT2D eigenvalue weighted by Crippen LogP contribution is -1.97. The molecule has 0 saturated heterocycles. The highest BCUT2D eigenvalue weighted by atomic mass is 19.1. The number of nitrogens with zero attached hydrogens (tertiary/aromatic N) is 1. The third kappa shape index (κ3) is 3.49. The van der Waals surface area contributed by atoms with Crippen LogP contribution in [0.2, 0.25) is 0 Å². The van der Waals surface area contributed by atoms with Gasteiger partial charge in [0.2, 0.25) is 0 Å². The van der Waals surface area contributed by atoms with Gasteiger partial charge < -0.3 is 0 Å².